The van der Waals surface area contributed by atoms with E-state index in [1.165, 1.54) is 18.7 Å². The van der Waals surface area contributed by atoms with Crippen LogP contribution in [0.5, 0.6) is 0 Å². The molecule has 2 aromatic heterocycles. The first kappa shape index (κ1) is 7.24. The van der Waals surface area contributed by atoms with E-state index in [9.17, 15) is 0 Å². The first-order valence-electron chi connectivity index (χ1n) is 3.24. The van der Waals surface area contributed by atoms with Crippen LogP contribution in [0.1, 0.15) is 0 Å². The standard InChI is InChI=1S/C7H4ClN3O/c8-5-3-9-7(10-4-5)6-1-2-12-11-6/h1-4H. The van der Waals surface area contributed by atoms with Crippen molar-refractivity contribution in [3.63, 3.8) is 0 Å². The van der Waals surface area contributed by atoms with E-state index in [1.807, 2.05) is 0 Å². The van der Waals surface area contributed by atoms with E-state index in [0.717, 1.165) is 0 Å². The van der Waals surface area contributed by atoms with Crippen LogP contribution in [-0.2, 0) is 0 Å². The van der Waals surface area contributed by atoms with Crippen molar-refractivity contribution in [2.24, 2.45) is 0 Å². The van der Waals surface area contributed by atoms with Crippen LogP contribution in [0.25, 0.3) is 11.5 Å². The van der Waals surface area contributed by atoms with Gasteiger partial charge in [0.1, 0.15) is 6.26 Å². The summed E-state index contributed by atoms with van der Waals surface area (Å²) >= 11 is 5.60. The minimum absolute atomic E-state index is 0.502. The van der Waals surface area contributed by atoms with Gasteiger partial charge in [0.25, 0.3) is 0 Å². The second kappa shape index (κ2) is 2.91. The molecule has 0 aliphatic rings. The smallest absolute Gasteiger partial charge is 0.181 e. The van der Waals surface area contributed by atoms with E-state index >= 15 is 0 Å². The third kappa shape index (κ3) is 1.29. The molecule has 0 spiro atoms. The molecule has 0 N–H and O–H groups in total. The van der Waals surface area contributed by atoms with Gasteiger partial charge in [-0.25, -0.2) is 9.97 Å². The molecule has 4 nitrogen and oxygen atoms in total. The molecule has 0 aliphatic carbocycles. The number of hydrogen-bond donors (Lipinski definition) is 0. The Kier molecular flexibility index (Phi) is 1.75. The quantitative estimate of drug-likeness (QED) is 0.673. The molecule has 0 atom stereocenters. The van der Waals surface area contributed by atoms with Crippen LogP contribution >= 0.6 is 11.6 Å². The summed E-state index contributed by atoms with van der Waals surface area (Å²) in [6.07, 6.45) is 4.49. The first-order chi connectivity index (χ1) is 5.86. The Hall–Kier alpha value is -1.42. The molecule has 0 bridgehead atoms. The first-order valence-corrected chi connectivity index (χ1v) is 3.62. The van der Waals surface area contributed by atoms with Crippen LogP contribution in [0.15, 0.2) is 29.2 Å². The van der Waals surface area contributed by atoms with Crippen LogP contribution < -0.4 is 0 Å². The van der Waals surface area contributed by atoms with Crippen LogP contribution in [0.2, 0.25) is 5.02 Å². The number of nitrogens with zero attached hydrogens (tertiary/aromatic N) is 3. The SMILES string of the molecule is Clc1cnc(-c2ccon2)nc1. The lowest BCUT2D eigenvalue weighted by Crippen LogP contribution is -1.86. The van der Waals surface area contributed by atoms with Crippen molar-refractivity contribution in [1.29, 1.82) is 0 Å². The van der Waals surface area contributed by atoms with Crippen LogP contribution in [0.4, 0.5) is 0 Å². The summed E-state index contributed by atoms with van der Waals surface area (Å²) in [5, 5.41) is 4.18. The molecule has 2 aromatic rings. The maximum absolute atomic E-state index is 5.60. The Bertz CT molecular complexity index is 357. The average Bonchev–Trinajstić information content (AvgIpc) is 2.58. The maximum Gasteiger partial charge on any atom is 0.181 e. The molecule has 2 rings (SSSR count). The summed E-state index contributed by atoms with van der Waals surface area (Å²) in [7, 11) is 0. The lowest BCUT2D eigenvalue weighted by molar-refractivity contribution is 0.422. The fraction of sp³-hybridized carbons (Fsp3) is 0. The van der Waals surface area contributed by atoms with Gasteiger partial charge in [0, 0.05) is 18.5 Å². The highest BCUT2D eigenvalue weighted by atomic mass is 35.5. The van der Waals surface area contributed by atoms with Gasteiger partial charge in [-0.2, -0.15) is 0 Å². The number of rotatable bonds is 1. The summed E-state index contributed by atoms with van der Waals surface area (Å²) in [6, 6.07) is 1.68. The van der Waals surface area contributed by atoms with Crippen molar-refractivity contribution in [1.82, 2.24) is 15.1 Å². The van der Waals surface area contributed by atoms with Gasteiger partial charge in [0.15, 0.2) is 11.5 Å². The van der Waals surface area contributed by atoms with Crippen LogP contribution in [0.3, 0.4) is 0 Å². The third-order valence-electron chi connectivity index (χ3n) is 1.29. The van der Waals surface area contributed by atoms with Crippen molar-refractivity contribution >= 4 is 11.6 Å². The molecule has 0 amide bonds. The van der Waals surface area contributed by atoms with Crippen molar-refractivity contribution in [2.75, 3.05) is 0 Å². The highest BCUT2D eigenvalue weighted by Crippen LogP contribution is 2.12. The average molecular weight is 182 g/mol. The minimum atomic E-state index is 0.502. The molecule has 0 radical (unpaired) electrons. The Morgan fingerprint density at radius 1 is 1.25 bits per heavy atom. The minimum Gasteiger partial charge on any atom is -0.364 e. The van der Waals surface area contributed by atoms with Crippen molar-refractivity contribution in [3.8, 4) is 11.5 Å². The Balaban J connectivity index is 2.43. The fourth-order valence-electron chi connectivity index (χ4n) is 0.772. The predicted octanol–water partition coefficient (Wildman–Crippen LogP) is 1.78. The summed E-state index contributed by atoms with van der Waals surface area (Å²) < 4.78 is 4.64. The second-order valence-corrected chi connectivity index (χ2v) is 2.55. The molecule has 2 heterocycles. The lowest BCUT2D eigenvalue weighted by atomic mass is 10.4. The molecular formula is C7H4ClN3O. The molecule has 0 saturated carbocycles. The van der Waals surface area contributed by atoms with Crippen molar-refractivity contribution in [2.45, 2.75) is 0 Å². The zero-order chi connectivity index (χ0) is 8.39. The molecule has 12 heavy (non-hydrogen) atoms. The highest BCUT2D eigenvalue weighted by Gasteiger charge is 2.02. The molecule has 0 fully saturated rings. The largest absolute Gasteiger partial charge is 0.364 e. The number of aromatic nitrogens is 3. The van der Waals surface area contributed by atoms with Crippen LogP contribution in [-0.4, -0.2) is 15.1 Å². The molecule has 0 aliphatic heterocycles. The molecule has 5 heteroatoms. The molecule has 0 saturated heterocycles. The van der Waals surface area contributed by atoms with Gasteiger partial charge in [-0.15, -0.1) is 0 Å². The topological polar surface area (TPSA) is 51.8 Å². The molecule has 0 aromatic carbocycles. The molecule has 0 unspecified atom stereocenters. The zero-order valence-corrected chi connectivity index (χ0v) is 6.69. The normalized spacial score (nSPS) is 10.1. The summed E-state index contributed by atoms with van der Waals surface area (Å²) in [5.74, 6) is 0.508. The lowest BCUT2D eigenvalue weighted by Gasteiger charge is -1.91. The van der Waals surface area contributed by atoms with Crippen molar-refractivity contribution in [3.05, 3.63) is 29.7 Å². The van der Waals surface area contributed by atoms with Gasteiger partial charge in [-0.1, -0.05) is 16.8 Å². The zero-order valence-electron chi connectivity index (χ0n) is 5.94. The van der Waals surface area contributed by atoms with Crippen LogP contribution in [0, 0.1) is 0 Å². The monoisotopic (exact) mass is 181 g/mol. The number of halogens is 1. The van der Waals surface area contributed by atoms with E-state index in [0.29, 0.717) is 16.5 Å². The van der Waals surface area contributed by atoms with Gasteiger partial charge in [-0.05, 0) is 0 Å². The van der Waals surface area contributed by atoms with E-state index in [-0.39, 0.29) is 0 Å². The van der Waals surface area contributed by atoms with E-state index in [4.69, 9.17) is 11.6 Å². The summed E-state index contributed by atoms with van der Waals surface area (Å²) in [6.45, 7) is 0. The van der Waals surface area contributed by atoms with E-state index in [2.05, 4.69) is 19.6 Å². The van der Waals surface area contributed by atoms with Gasteiger partial charge < -0.3 is 4.52 Å². The summed E-state index contributed by atoms with van der Waals surface area (Å²) in [4.78, 5) is 7.91. The summed E-state index contributed by atoms with van der Waals surface area (Å²) in [5.41, 5.74) is 0.603. The van der Waals surface area contributed by atoms with Gasteiger partial charge in [-0.3, -0.25) is 0 Å². The Labute approximate surface area is 73.2 Å². The predicted molar refractivity (Wildman–Crippen MR) is 42.5 cm³/mol. The van der Waals surface area contributed by atoms with E-state index < -0.39 is 0 Å². The highest BCUT2D eigenvalue weighted by molar-refractivity contribution is 6.30. The van der Waals surface area contributed by atoms with Gasteiger partial charge in [0.2, 0.25) is 0 Å². The molecule has 60 valence electrons. The number of hydrogen-bond acceptors (Lipinski definition) is 4. The Morgan fingerprint density at radius 3 is 2.58 bits per heavy atom. The third-order valence-corrected chi connectivity index (χ3v) is 1.48. The molecular weight excluding hydrogens is 178 g/mol. The Morgan fingerprint density at radius 2 is 2.00 bits per heavy atom. The van der Waals surface area contributed by atoms with Gasteiger partial charge in [0.05, 0.1) is 5.02 Å². The van der Waals surface area contributed by atoms with Gasteiger partial charge >= 0.3 is 0 Å². The maximum atomic E-state index is 5.60. The second-order valence-electron chi connectivity index (χ2n) is 2.11. The van der Waals surface area contributed by atoms with E-state index in [1.54, 1.807) is 6.07 Å². The van der Waals surface area contributed by atoms with Crippen molar-refractivity contribution < 1.29 is 4.52 Å². The fourth-order valence-corrected chi connectivity index (χ4v) is 0.870.